The van der Waals surface area contributed by atoms with E-state index in [0.29, 0.717) is 0 Å². The van der Waals surface area contributed by atoms with Crippen molar-refractivity contribution in [3.63, 3.8) is 0 Å². The summed E-state index contributed by atoms with van der Waals surface area (Å²) < 4.78 is 0. The van der Waals surface area contributed by atoms with Crippen LogP contribution < -0.4 is 0 Å². The van der Waals surface area contributed by atoms with Gasteiger partial charge in [-0.05, 0) is 63.4 Å². The van der Waals surface area contributed by atoms with Gasteiger partial charge in [-0.2, -0.15) is 0 Å². The first kappa shape index (κ1) is 13.6. The molecule has 18 heavy (non-hydrogen) atoms. The van der Waals surface area contributed by atoms with Crippen LogP contribution in [0.5, 0.6) is 0 Å². The lowest BCUT2D eigenvalue weighted by Gasteiger charge is -2.29. The number of hydrogen-bond acceptors (Lipinski definition) is 0. The van der Waals surface area contributed by atoms with Gasteiger partial charge < -0.3 is 0 Å². The van der Waals surface area contributed by atoms with Crippen LogP contribution in [-0.2, 0) is 0 Å². The lowest BCUT2D eigenvalue weighted by molar-refractivity contribution is 0.288. The third kappa shape index (κ3) is 3.60. The van der Waals surface area contributed by atoms with E-state index in [9.17, 15) is 0 Å². The Balaban J connectivity index is 1.99. The summed E-state index contributed by atoms with van der Waals surface area (Å²) in [5.74, 6) is 1.84. The van der Waals surface area contributed by atoms with Crippen molar-refractivity contribution >= 4 is 0 Å². The van der Waals surface area contributed by atoms with Crippen LogP contribution >= 0.6 is 0 Å². The molecule has 0 spiro atoms. The molecule has 0 saturated heterocycles. The van der Waals surface area contributed by atoms with Crippen LogP contribution in [0.15, 0.2) is 34.9 Å². The van der Waals surface area contributed by atoms with Crippen molar-refractivity contribution in [2.75, 3.05) is 0 Å². The van der Waals surface area contributed by atoms with Crippen molar-refractivity contribution < 1.29 is 0 Å². The molecule has 1 fully saturated rings. The number of rotatable bonds is 3. The van der Waals surface area contributed by atoms with E-state index in [1.54, 1.807) is 5.57 Å². The second kappa shape index (κ2) is 6.41. The van der Waals surface area contributed by atoms with Crippen LogP contribution in [-0.4, -0.2) is 0 Å². The highest BCUT2D eigenvalue weighted by Crippen LogP contribution is 2.37. The topological polar surface area (TPSA) is 0 Å². The predicted molar refractivity (Wildman–Crippen MR) is 80.6 cm³/mol. The van der Waals surface area contributed by atoms with E-state index in [1.807, 2.05) is 0 Å². The van der Waals surface area contributed by atoms with Gasteiger partial charge in [0.05, 0.1) is 0 Å². The Hall–Kier alpha value is -0.780. The summed E-state index contributed by atoms with van der Waals surface area (Å²) in [5.41, 5.74) is 4.63. The molecular weight excluding hydrogens is 216 g/mol. The van der Waals surface area contributed by atoms with Gasteiger partial charge in [0.25, 0.3) is 0 Å². The van der Waals surface area contributed by atoms with E-state index >= 15 is 0 Å². The molecule has 2 aliphatic rings. The Kier molecular flexibility index (Phi) is 4.86. The molecule has 0 radical (unpaired) electrons. The van der Waals surface area contributed by atoms with Crippen LogP contribution in [0, 0.1) is 11.8 Å². The molecule has 0 aromatic rings. The van der Waals surface area contributed by atoms with E-state index in [2.05, 4.69) is 39.0 Å². The highest BCUT2D eigenvalue weighted by Gasteiger charge is 2.22. The summed E-state index contributed by atoms with van der Waals surface area (Å²) in [4.78, 5) is 0. The third-order valence-corrected chi connectivity index (χ3v) is 4.55. The number of allylic oxidation sites excluding steroid dienone is 6. The Morgan fingerprint density at radius 1 is 1.00 bits per heavy atom. The summed E-state index contributed by atoms with van der Waals surface area (Å²) in [7, 11) is 0. The Morgan fingerprint density at radius 3 is 2.39 bits per heavy atom. The Bertz CT molecular complexity index is 359. The fraction of sp³-hybridized carbons (Fsp3) is 0.667. The van der Waals surface area contributed by atoms with Crippen LogP contribution in [0.3, 0.4) is 0 Å². The summed E-state index contributed by atoms with van der Waals surface area (Å²) in [6.45, 7) is 6.84. The van der Waals surface area contributed by atoms with Gasteiger partial charge in [0.15, 0.2) is 0 Å². The maximum atomic E-state index is 2.46. The molecule has 0 heterocycles. The maximum Gasteiger partial charge on any atom is -0.0108 e. The minimum Gasteiger partial charge on any atom is -0.0693 e. The normalized spacial score (nSPS) is 29.2. The van der Waals surface area contributed by atoms with Crippen molar-refractivity contribution in [3.05, 3.63) is 34.9 Å². The van der Waals surface area contributed by atoms with E-state index in [4.69, 9.17) is 0 Å². The lowest BCUT2D eigenvalue weighted by Crippen LogP contribution is -2.15. The zero-order valence-electron chi connectivity index (χ0n) is 12.3. The van der Waals surface area contributed by atoms with Crippen LogP contribution in [0.1, 0.15) is 65.7 Å². The van der Waals surface area contributed by atoms with Crippen molar-refractivity contribution in [1.82, 2.24) is 0 Å². The van der Waals surface area contributed by atoms with E-state index in [-0.39, 0.29) is 0 Å². The van der Waals surface area contributed by atoms with Crippen LogP contribution in [0.25, 0.3) is 0 Å². The first-order valence-corrected chi connectivity index (χ1v) is 7.73. The molecular formula is C18H28. The quantitative estimate of drug-likeness (QED) is 0.587. The third-order valence-electron chi connectivity index (χ3n) is 4.55. The molecule has 0 heteroatoms. The molecule has 0 amide bonds. The first-order valence-electron chi connectivity index (χ1n) is 7.73. The average molecular weight is 244 g/mol. The minimum atomic E-state index is 0.829. The fourth-order valence-electron chi connectivity index (χ4n) is 3.57. The molecule has 0 nitrogen and oxygen atoms in total. The van der Waals surface area contributed by atoms with Gasteiger partial charge in [-0.3, -0.25) is 0 Å². The molecule has 0 aromatic carbocycles. The van der Waals surface area contributed by atoms with Gasteiger partial charge in [0.2, 0.25) is 0 Å². The monoisotopic (exact) mass is 244 g/mol. The van der Waals surface area contributed by atoms with Gasteiger partial charge >= 0.3 is 0 Å². The van der Waals surface area contributed by atoms with E-state index in [1.165, 1.54) is 49.7 Å². The van der Waals surface area contributed by atoms with Crippen molar-refractivity contribution in [2.24, 2.45) is 11.8 Å². The summed E-state index contributed by atoms with van der Waals surface area (Å²) in [6, 6.07) is 0. The molecule has 100 valence electrons. The first-order chi connectivity index (χ1) is 8.69. The van der Waals surface area contributed by atoms with E-state index in [0.717, 1.165) is 18.3 Å². The highest BCUT2D eigenvalue weighted by molar-refractivity contribution is 5.35. The molecule has 0 aromatic heterocycles. The molecule has 0 N–H and O–H groups in total. The predicted octanol–water partition coefficient (Wildman–Crippen LogP) is 5.82. The molecule has 0 bridgehead atoms. The van der Waals surface area contributed by atoms with Gasteiger partial charge in [0, 0.05) is 0 Å². The summed E-state index contributed by atoms with van der Waals surface area (Å²) in [6.07, 6.45) is 16.9. The zero-order valence-corrected chi connectivity index (χ0v) is 12.3. The van der Waals surface area contributed by atoms with Gasteiger partial charge in [0.1, 0.15) is 0 Å². The summed E-state index contributed by atoms with van der Waals surface area (Å²) in [5, 5.41) is 0. The lowest BCUT2D eigenvalue weighted by atomic mass is 9.76. The van der Waals surface area contributed by atoms with Crippen molar-refractivity contribution in [1.29, 1.82) is 0 Å². The standard InChI is InChI=1S/C18H28/c1-4-5-16-7-10-17(11-8-16)18-9-6-14(2)12-15(3)13-18/h6,9,13,16-17H,4-5,7-8,10-12H2,1-3H3. The molecule has 0 unspecified atom stereocenters. The largest absolute Gasteiger partial charge is 0.0693 e. The van der Waals surface area contributed by atoms with Crippen LogP contribution in [0.2, 0.25) is 0 Å². The SMILES string of the molecule is CCCC1CCC(C2=CC=C(C)CC(C)=C2)CC1. The molecule has 2 rings (SSSR count). The second-order valence-corrected chi connectivity index (χ2v) is 6.35. The Morgan fingerprint density at radius 2 is 1.72 bits per heavy atom. The Labute approximate surface area is 113 Å². The molecule has 0 aliphatic heterocycles. The molecule has 2 aliphatic carbocycles. The fourth-order valence-corrected chi connectivity index (χ4v) is 3.57. The summed E-state index contributed by atoms with van der Waals surface area (Å²) >= 11 is 0. The zero-order chi connectivity index (χ0) is 13.0. The highest BCUT2D eigenvalue weighted by atomic mass is 14.3. The number of hydrogen-bond donors (Lipinski definition) is 0. The average Bonchev–Trinajstić information content (AvgIpc) is 2.52. The minimum absolute atomic E-state index is 0.829. The van der Waals surface area contributed by atoms with Gasteiger partial charge in [-0.15, -0.1) is 0 Å². The van der Waals surface area contributed by atoms with Gasteiger partial charge in [-0.25, -0.2) is 0 Å². The van der Waals surface area contributed by atoms with E-state index < -0.39 is 0 Å². The van der Waals surface area contributed by atoms with Crippen molar-refractivity contribution in [3.8, 4) is 0 Å². The van der Waals surface area contributed by atoms with Gasteiger partial charge in [-0.1, -0.05) is 49.1 Å². The second-order valence-electron chi connectivity index (χ2n) is 6.35. The van der Waals surface area contributed by atoms with Crippen molar-refractivity contribution in [2.45, 2.75) is 65.7 Å². The maximum absolute atomic E-state index is 2.46. The van der Waals surface area contributed by atoms with Crippen LogP contribution in [0.4, 0.5) is 0 Å². The smallest absolute Gasteiger partial charge is 0.0108 e. The molecule has 1 saturated carbocycles. The molecule has 0 atom stereocenters.